The fraction of sp³-hybridized carbons (Fsp3) is 0.200. The van der Waals surface area contributed by atoms with E-state index < -0.39 is 0 Å². The summed E-state index contributed by atoms with van der Waals surface area (Å²) in [5.74, 6) is 0. The number of rotatable bonds is 4. The highest BCUT2D eigenvalue weighted by Crippen LogP contribution is 2.27. The van der Waals surface area contributed by atoms with Gasteiger partial charge in [-0.2, -0.15) is 0 Å². The molecule has 0 aliphatic carbocycles. The molecule has 26 heavy (non-hydrogen) atoms. The number of aromatic nitrogens is 2. The maximum absolute atomic E-state index is 12.8. The Labute approximate surface area is 163 Å². The Morgan fingerprint density at radius 3 is 2.69 bits per heavy atom. The van der Waals surface area contributed by atoms with Crippen molar-refractivity contribution in [3.8, 4) is 0 Å². The van der Waals surface area contributed by atoms with Gasteiger partial charge in [-0.1, -0.05) is 29.5 Å². The van der Waals surface area contributed by atoms with Crippen molar-refractivity contribution >= 4 is 55.0 Å². The zero-order valence-electron chi connectivity index (χ0n) is 14.6. The standard InChI is InChI=1S/C20H18BrN3OS/c1-3-23(4-2)16-10-9-13(11-14(16)21)12-18-19(25)24-17-8-6-5-7-15(17)22-20(24)26-18/h5-12H,3-4H2,1-2H3. The van der Waals surface area contributed by atoms with Crippen LogP contribution in [0.2, 0.25) is 0 Å². The smallest absolute Gasteiger partial charge is 0.274 e. The first-order valence-corrected chi connectivity index (χ1v) is 10.2. The molecule has 0 N–H and O–H groups in total. The van der Waals surface area contributed by atoms with Crippen LogP contribution in [0.25, 0.3) is 22.1 Å². The van der Waals surface area contributed by atoms with Gasteiger partial charge in [-0.25, -0.2) is 9.38 Å². The van der Waals surface area contributed by atoms with Crippen molar-refractivity contribution in [3.63, 3.8) is 0 Å². The molecule has 4 rings (SSSR count). The van der Waals surface area contributed by atoms with E-state index in [1.165, 1.54) is 17.0 Å². The van der Waals surface area contributed by atoms with Crippen LogP contribution >= 0.6 is 27.3 Å². The lowest BCUT2D eigenvalue weighted by Crippen LogP contribution is -2.23. The van der Waals surface area contributed by atoms with Crippen molar-refractivity contribution < 1.29 is 0 Å². The maximum atomic E-state index is 12.8. The van der Waals surface area contributed by atoms with Crippen molar-refractivity contribution in [2.45, 2.75) is 13.8 Å². The minimum absolute atomic E-state index is 0.0114. The third kappa shape index (κ3) is 2.83. The van der Waals surface area contributed by atoms with Crippen LogP contribution in [0.3, 0.4) is 0 Å². The van der Waals surface area contributed by atoms with E-state index in [4.69, 9.17) is 0 Å². The first-order chi connectivity index (χ1) is 12.6. The van der Waals surface area contributed by atoms with Crippen molar-refractivity contribution in [2.75, 3.05) is 18.0 Å². The highest BCUT2D eigenvalue weighted by Gasteiger charge is 2.11. The lowest BCUT2D eigenvalue weighted by Gasteiger charge is -2.22. The molecule has 0 spiro atoms. The van der Waals surface area contributed by atoms with Crippen molar-refractivity contribution in [3.05, 3.63) is 67.4 Å². The van der Waals surface area contributed by atoms with E-state index in [0.717, 1.165) is 39.1 Å². The number of thiazole rings is 1. The molecule has 0 saturated carbocycles. The summed E-state index contributed by atoms with van der Waals surface area (Å²) in [6.07, 6.45) is 1.94. The van der Waals surface area contributed by atoms with Crippen LogP contribution in [0, 0.1) is 0 Å². The number of imidazole rings is 1. The maximum Gasteiger partial charge on any atom is 0.274 e. The van der Waals surface area contributed by atoms with Gasteiger partial charge in [0, 0.05) is 17.6 Å². The lowest BCUT2D eigenvalue weighted by atomic mass is 10.2. The molecule has 2 heterocycles. The zero-order chi connectivity index (χ0) is 18.3. The fourth-order valence-electron chi connectivity index (χ4n) is 3.20. The largest absolute Gasteiger partial charge is 0.371 e. The lowest BCUT2D eigenvalue weighted by molar-refractivity contribution is 0.864. The fourth-order valence-corrected chi connectivity index (χ4v) is 4.83. The SMILES string of the molecule is CCN(CC)c1ccc(C=c2sc3nc4ccccc4n3c2=O)cc1Br. The minimum Gasteiger partial charge on any atom is -0.371 e. The molecule has 0 unspecified atom stereocenters. The number of halogens is 1. The molecule has 2 aromatic carbocycles. The van der Waals surface area contributed by atoms with Crippen LogP contribution in [0.5, 0.6) is 0 Å². The van der Waals surface area contributed by atoms with E-state index in [0.29, 0.717) is 4.53 Å². The summed E-state index contributed by atoms with van der Waals surface area (Å²) >= 11 is 5.09. The topological polar surface area (TPSA) is 37.6 Å². The van der Waals surface area contributed by atoms with Gasteiger partial charge in [-0.15, -0.1) is 0 Å². The molecule has 0 amide bonds. The molecule has 2 aromatic heterocycles. The summed E-state index contributed by atoms with van der Waals surface area (Å²) in [6.45, 7) is 6.20. The monoisotopic (exact) mass is 427 g/mol. The molecule has 4 aromatic rings. The highest BCUT2D eigenvalue weighted by atomic mass is 79.9. The average Bonchev–Trinajstić information content (AvgIpc) is 3.14. The normalized spacial score (nSPS) is 12.3. The molecule has 0 bridgehead atoms. The van der Waals surface area contributed by atoms with Gasteiger partial charge in [0.15, 0.2) is 4.96 Å². The Bertz CT molecular complexity index is 1210. The van der Waals surface area contributed by atoms with Crippen molar-refractivity contribution in [1.82, 2.24) is 9.38 Å². The molecule has 4 nitrogen and oxygen atoms in total. The van der Waals surface area contributed by atoms with Crippen LogP contribution in [0.15, 0.2) is 51.7 Å². The summed E-state index contributed by atoms with van der Waals surface area (Å²) in [5.41, 5.74) is 3.87. The quantitative estimate of drug-likeness (QED) is 0.492. The minimum atomic E-state index is -0.0114. The summed E-state index contributed by atoms with van der Waals surface area (Å²) in [6, 6.07) is 13.9. The van der Waals surface area contributed by atoms with Gasteiger partial charge in [-0.3, -0.25) is 4.79 Å². The number of nitrogens with zero attached hydrogens (tertiary/aromatic N) is 3. The molecule has 0 fully saturated rings. The highest BCUT2D eigenvalue weighted by molar-refractivity contribution is 9.10. The Kier molecular flexibility index (Phi) is 4.54. The average molecular weight is 428 g/mol. The Balaban J connectivity index is 1.83. The molecule has 0 atom stereocenters. The van der Waals surface area contributed by atoms with Crippen LogP contribution in [-0.4, -0.2) is 22.5 Å². The summed E-state index contributed by atoms with van der Waals surface area (Å²) in [5, 5.41) is 0. The number of anilines is 1. The molecular formula is C20H18BrN3OS. The molecule has 0 saturated heterocycles. The van der Waals surface area contributed by atoms with E-state index >= 15 is 0 Å². The molecule has 0 aliphatic rings. The van der Waals surface area contributed by atoms with E-state index in [1.54, 1.807) is 4.40 Å². The third-order valence-electron chi connectivity index (χ3n) is 4.52. The van der Waals surface area contributed by atoms with Gasteiger partial charge in [0.05, 0.1) is 21.3 Å². The first-order valence-electron chi connectivity index (χ1n) is 8.58. The van der Waals surface area contributed by atoms with Gasteiger partial charge >= 0.3 is 0 Å². The summed E-state index contributed by atoms with van der Waals surface area (Å²) in [4.78, 5) is 20.4. The number of para-hydroxylation sites is 2. The predicted octanol–water partition coefficient (Wildman–Crippen LogP) is 4.07. The first kappa shape index (κ1) is 17.2. The van der Waals surface area contributed by atoms with Crippen molar-refractivity contribution in [1.29, 1.82) is 0 Å². The molecule has 132 valence electrons. The number of hydrogen-bond acceptors (Lipinski definition) is 4. The molecule has 0 radical (unpaired) electrons. The molecule has 6 heteroatoms. The second kappa shape index (κ2) is 6.85. The molecular weight excluding hydrogens is 410 g/mol. The number of fused-ring (bicyclic) bond motifs is 3. The predicted molar refractivity (Wildman–Crippen MR) is 113 cm³/mol. The van der Waals surface area contributed by atoms with Gasteiger partial charge in [-0.05, 0) is 65.7 Å². The van der Waals surface area contributed by atoms with E-state index in [-0.39, 0.29) is 5.56 Å². The van der Waals surface area contributed by atoms with Gasteiger partial charge in [0.25, 0.3) is 5.56 Å². The Hall–Kier alpha value is -2.18. The number of benzene rings is 2. The van der Waals surface area contributed by atoms with Crippen LogP contribution in [-0.2, 0) is 0 Å². The van der Waals surface area contributed by atoms with E-state index in [9.17, 15) is 4.79 Å². The van der Waals surface area contributed by atoms with Crippen molar-refractivity contribution in [2.24, 2.45) is 0 Å². The third-order valence-corrected chi connectivity index (χ3v) is 6.12. The Morgan fingerprint density at radius 1 is 1.19 bits per heavy atom. The van der Waals surface area contributed by atoms with Crippen LogP contribution < -0.4 is 15.0 Å². The van der Waals surface area contributed by atoms with Gasteiger partial charge < -0.3 is 4.90 Å². The van der Waals surface area contributed by atoms with Gasteiger partial charge in [0.2, 0.25) is 0 Å². The van der Waals surface area contributed by atoms with E-state index in [1.807, 2.05) is 30.3 Å². The molecule has 0 aliphatic heterocycles. The van der Waals surface area contributed by atoms with E-state index in [2.05, 4.69) is 57.9 Å². The second-order valence-electron chi connectivity index (χ2n) is 6.02. The Morgan fingerprint density at radius 2 is 1.96 bits per heavy atom. The summed E-state index contributed by atoms with van der Waals surface area (Å²) in [7, 11) is 0. The zero-order valence-corrected chi connectivity index (χ0v) is 17.0. The van der Waals surface area contributed by atoms with Crippen LogP contribution in [0.4, 0.5) is 5.69 Å². The van der Waals surface area contributed by atoms with Crippen LogP contribution in [0.1, 0.15) is 19.4 Å². The summed E-state index contributed by atoms with van der Waals surface area (Å²) < 4.78 is 3.43. The second-order valence-corrected chi connectivity index (χ2v) is 7.88. The van der Waals surface area contributed by atoms with Gasteiger partial charge in [0.1, 0.15) is 0 Å². The number of hydrogen-bond donors (Lipinski definition) is 0.